The third kappa shape index (κ3) is 11.0. The van der Waals surface area contributed by atoms with E-state index in [0.29, 0.717) is 11.4 Å². The molecule has 0 aliphatic carbocycles. The van der Waals surface area contributed by atoms with Crippen LogP contribution < -0.4 is 27.2 Å². The molecule has 0 saturated carbocycles. The summed E-state index contributed by atoms with van der Waals surface area (Å²) in [6, 6.07) is 4.96. The number of nitrogens with one attached hydrogen (secondary N) is 4. The predicted octanol–water partition coefficient (Wildman–Crippen LogP) is -0.505. The summed E-state index contributed by atoms with van der Waals surface area (Å²) in [4.78, 5) is 73.4. The molecule has 17 heteroatoms. The van der Waals surface area contributed by atoms with Crippen LogP contribution in [0, 0.1) is 0 Å². The van der Waals surface area contributed by atoms with Crippen LogP contribution in [0.4, 0.5) is 11.6 Å². The van der Waals surface area contributed by atoms with Gasteiger partial charge in [0, 0.05) is 24.2 Å². The van der Waals surface area contributed by atoms with Crippen LogP contribution in [-0.4, -0.2) is 92.9 Å². The van der Waals surface area contributed by atoms with E-state index in [1.807, 2.05) is 0 Å². The lowest BCUT2D eigenvalue weighted by molar-refractivity contribution is -0.140. The summed E-state index contributed by atoms with van der Waals surface area (Å²) in [5, 5.41) is 26.1. The molecule has 1 atom stereocenters. The second-order valence-corrected chi connectivity index (χ2v) is 9.04. The number of carboxylic acids is 2. The van der Waals surface area contributed by atoms with Gasteiger partial charge in [-0.2, -0.15) is 4.98 Å². The van der Waals surface area contributed by atoms with Gasteiger partial charge in [0.2, 0.25) is 11.9 Å². The summed E-state index contributed by atoms with van der Waals surface area (Å²) in [6.07, 6.45) is 1.10. The molecule has 0 spiro atoms. The van der Waals surface area contributed by atoms with E-state index in [4.69, 9.17) is 20.3 Å². The van der Waals surface area contributed by atoms with Gasteiger partial charge in [0.1, 0.15) is 6.04 Å². The van der Waals surface area contributed by atoms with Crippen molar-refractivity contribution >= 4 is 46.6 Å². The molecular formula is C26H32N8O9. The highest BCUT2D eigenvalue weighted by Gasteiger charge is 2.21. The number of amides is 2. The van der Waals surface area contributed by atoms with Crippen molar-refractivity contribution in [3.8, 4) is 0 Å². The van der Waals surface area contributed by atoms with E-state index in [0.717, 1.165) is 0 Å². The minimum absolute atomic E-state index is 0.0498. The lowest BCUT2D eigenvalue weighted by Crippen LogP contribution is -2.41. The lowest BCUT2D eigenvalue weighted by atomic mass is 10.1. The van der Waals surface area contributed by atoms with E-state index in [2.05, 4.69) is 35.9 Å². The zero-order valence-corrected chi connectivity index (χ0v) is 23.0. The number of nitrogens with two attached hydrogens (primary N) is 1. The Balaban J connectivity index is 1.39. The SMILES string of the molecule is Nc1nc2ncc(CNc3ccc(C(=O)NC(CCC(=O)NCCOCCOCCC(=O)O)C(=O)O)cc3)nc2c(=O)[nH]1. The quantitative estimate of drug-likeness (QED) is 0.0908. The van der Waals surface area contributed by atoms with Gasteiger partial charge in [-0.1, -0.05) is 0 Å². The van der Waals surface area contributed by atoms with E-state index >= 15 is 0 Å². The first-order valence-corrected chi connectivity index (χ1v) is 13.2. The van der Waals surface area contributed by atoms with Gasteiger partial charge in [-0.25, -0.2) is 14.8 Å². The number of carbonyl (C=O) groups is 4. The van der Waals surface area contributed by atoms with Gasteiger partial charge in [0.25, 0.3) is 11.5 Å². The van der Waals surface area contributed by atoms with Crippen molar-refractivity contribution in [3.05, 3.63) is 52.1 Å². The third-order valence-electron chi connectivity index (χ3n) is 5.77. The number of hydrogen-bond donors (Lipinski definition) is 7. The van der Waals surface area contributed by atoms with Crippen LogP contribution in [0.25, 0.3) is 11.2 Å². The largest absolute Gasteiger partial charge is 0.481 e. The molecule has 2 amide bonds. The Morgan fingerprint density at radius 1 is 0.977 bits per heavy atom. The first-order valence-electron chi connectivity index (χ1n) is 13.2. The van der Waals surface area contributed by atoms with Crippen LogP contribution in [0.5, 0.6) is 0 Å². The monoisotopic (exact) mass is 600 g/mol. The van der Waals surface area contributed by atoms with E-state index in [-0.39, 0.29) is 81.5 Å². The molecule has 0 aliphatic heterocycles. The fraction of sp³-hybridized carbons (Fsp3) is 0.385. The molecule has 3 aromatic rings. The third-order valence-corrected chi connectivity index (χ3v) is 5.77. The zero-order chi connectivity index (χ0) is 31.2. The van der Waals surface area contributed by atoms with Gasteiger partial charge in [0.15, 0.2) is 11.2 Å². The Morgan fingerprint density at radius 3 is 2.40 bits per heavy atom. The molecule has 1 aromatic carbocycles. The first-order chi connectivity index (χ1) is 20.6. The smallest absolute Gasteiger partial charge is 0.326 e. The minimum Gasteiger partial charge on any atom is -0.481 e. The molecule has 0 aliphatic rings. The molecule has 2 aromatic heterocycles. The number of hydrogen-bond acceptors (Lipinski definition) is 12. The van der Waals surface area contributed by atoms with Crippen LogP contribution in [0.2, 0.25) is 0 Å². The van der Waals surface area contributed by atoms with Crippen molar-refractivity contribution in [2.75, 3.05) is 44.0 Å². The van der Waals surface area contributed by atoms with Crippen molar-refractivity contribution in [1.82, 2.24) is 30.6 Å². The Morgan fingerprint density at radius 2 is 1.70 bits per heavy atom. The van der Waals surface area contributed by atoms with Gasteiger partial charge in [0.05, 0.1) is 51.3 Å². The molecule has 0 radical (unpaired) electrons. The maximum absolute atomic E-state index is 12.6. The Kier molecular flexibility index (Phi) is 12.3. The number of carboxylic acid groups (broad SMARTS) is 2. The molecule has 0 fully saturated rings. The van der Waals surface area contributed by atoms with E-state index in [1.165, 1.54) is 18.3 Å². The van der Waals surface area contributed by atoms with Crippen molar-refractivity contribution < 1.29 is 38.9 Å². The molecule has 8 N–H and O–H groups in total. The minimum atomic E-state index is -1.28. The summed E-state index contributed by atoms with van der Waals surface area (Å²) in [6.45, 7) is 1.14. The lowest BCUT2D eigenvalue weighted by Gasteiger charge is -2.15. The standard InChI is InChI=1S/C26H32N8O9/c27-26-33-22-21(24(39)34-26)31-17(14-30-22)13-29-16-3-1-15(2-4-16)23(38)32-18(25(40)41)5-6-19(35)28-8-10-43-12-11-42-9-7-20(36)37/h1-4,14,18,29H,5-13H2,(H,28,35)(H,32,38)(H,36,37)(H,40,41)(H3,27,30,33,34,39). The number of carbonyl (C=O) groups excluding carboxylic acids is 2. The number of nitrogens with zero attached hydrogens (tertiary/aromatic N) is 3. The number of H-pyrrole nitrogens is 1. The highest BCUT2D eigenvalue weighted by Crippen LogP contribution is 2.12. The van der Waals surface area contributed by atoms with Gasteiger partial charge in [-0.15, -0.1) is 0 Å². The highest BCUT2D eigenvalue weighted by atomic mass is 16.5. The summed E-state index contributed by atoms with van der Waals surface area (Å²) in [7, 11) is 0. The molecule has 0 bridgehead atoms. The van der Waals surface area contributed by atoms with Gasteiger partial charge in [-0.3, -0.25) is 24.2 Å². The van der Waals surface area contributed by atoms with Crippen LogP contribution >= 0.6 is 0 Å². The fourth-order valence-corrected chi connectivity index (χ4v) is 3.60. The number of rotatable bonds is 18. The average molecular weight is 601 g/mol. The first kappa shape index (κ1) is 32.4. The topological polar surface area (TPSA) is 261 Å². The number of aliphatic carboxylic acids is 2. The Hall–Kier alpha value is -5.16. The molecule has 2 heterocycles. The number of ether oxygens (including phenoxy) is 2. The van der Waals surface area contributed by atoms with E-state index in [9.17, 15) is 29.1 Å². The van der Waals surface area contributed by atoms with Crippen LogP contribution in [0.3, 0.4) is 0 Å². The molecule has 0 saturated heterocycles. The van der Waals surface area contributed by atoms with Crippen molar-refractivity contribution in [3.63, 3.8) is 0 Å². The molecular weight excluding hydrogens is 568 g/mol. The Bertz CT molecular complexity index is 1480. The maximum Gasteiger partial charge on any atom is 0.326 e. The number of benzene rings is 1. The molecule has 230 valence electrons. The maximum atomic E-state index is 12.6. The van der Waals surface area contributed by atoms with Gasteiger partial charge in [-0.05, 0) is 30.7 Å². The van der Waals surface area contributed by atoms with Crippen molar-refractivity contribution in [2.45, 2.75) is 31.8 Å². The van der Waals surface area contributed by atoms with Gasteiger partial charge < -0.3 is 41.4 Å². The van der Waals surface area contributed by atoms with Gasteiger partial charge >= 0.3 is 11.9 Å². The summed E-state index contributed by atoms with van der Waals surface area (Å²) < 4.78 is 10.3. The number of aromatic amines is 1. The zero-order valence-electron chi connectivity index (χ0n) is 23.0. The molecule has 17 nitrogen and oxygen atoms in total. The van der Waals surface area contributed by atoms with Crippen LogP contribution in [0.1, 0.15) is 35.3 Å². The molecule has 43 heavy (non-hydrogen) atoms. The predicted molar refractivity (Wildman–Crippen MR) is 151 cm³/mol. The summed E-state index contributed by atoms with van der Waals surface area (Å²) in [5.41, 5.74) is 6.48. The average Bonchev–Trinajstić information content (AvgIpc) is 2.97. The van der Waals surface area contributed by atoms with Crippen molar-refractivity contribution in [2.24, 2.45) is 0 Å². The fourth-order valence-electron chi connectivity index (χ4n) is 3.60. The van der Waals surface area contributed by atoms with E-state index < -0.39 is 35.4 Å². The number of aromatic nitrogens is 4. The van der Waals surface area contributed by atoms with Crippen molar-refractivity contribution in [1.29, 1.82) is 0 Å². The second-order valence-electron chi connectivity index (χ2n) is 9.04. The number of anilines is 2. The summed E-state index contributed by atoms with van der Waals surface area (Å²) in [5.74, 6) is -3.31. The van der Waals surface area contributed by atoms with E-state index in [1.54, 1.807) is 12.1 Å². The molecule has 1 unspecified atom stereocenters. The normalized spacial score (nSPS) is 11.5. The molecule has 3 rings (SSSR count). The number of fused-ring (bicyclic) bond motifs is 1. The summed E-state index contributed by atoms with van der Waals surface area (Å²) >= 11 is 0. The highest BCUT2D eigenvalue weighted by molar-refractivity contribution is 5.97. The van der Waals surface area contributed by atoms with Crippen LogP contribution in [-0.2, 0) is 30.4 Å². The Labute approximate surface area is 244 Å². The second kappa shape index (κ2) is 16.3. The number of nitrogen functional groups attached to an aromatic ring is 1. The van der Waals surface area contributed by atoms with Crippen LogP contribution in [0.15, 0.2) is 35.3 Å².